The van der Waals surface area contributed by atoms with Crippen LogP contribution in [0.3, 0.4) is 0 Å². The van der Waals surface area contributed by atoms with Gasteiger partial charge in [-0.2, -0.15) is 0 Å². The van der Waals surface area contributed by atoms with Crippen molar-refractivity contribution < 1.29 is 0 Å². The van der Waals surface area contributed by atoms with E-state index in [2.05, 4.69) is 15.0 Å². The maximum atomic E-state index is 12.0. The van der Waals surface area contributed by atoms with Crippen LogP contribution in [-0.4, -0.2) is 15.0 Å². The monoisotopic (exact) mass is 257 g/mol. The van der Waals surface area contributed by atoms with Gasteiger partial charge in [0.15, 0.2) is 0 Å². The highest BCUT2D eigenvalue weighted by Gasteiger charge is 2.19. The lowest BCUT2D eigenvalue weighted by atomic mass is 9.95. The summed E-state index contributed by atoms with van der Waals surface area (Å²) in [5.74, 6) is 0.724. The first-order chi connectivity index (χ1) is 8.88. The first-order valence-corrected chi connectivity index (χ1v) is 6.37. The molecule has 100 valence electrons. The molecule has 0 fully saturated rings. The largest absolute Gasteiger partial charge is 0.310 e. The summed E-state index contributed by atoms with van der Waals surface area (Å²) in [4.78, 5) is 23.6. The van der Waals surface area contributed by atoms with E-state index in [0.29, 0.717) is 12.0 Å². The third-order valence-electron chi connectivity index (χ3n) is 3.06. The van der Waals surface area contributed by atoms with Gasteiger partial charge in [-0.25, -0.2) is 4.98 Å². The van der Waals surface area contributed by atoms with Gasteiger partial charge in [0, 0.05) is 29.8 Å². The van der Waals surface area contributed by atoms with Gasteiger partial charge in [-0.05, 0) is 18.6 Å². The predicted octanol–water partition coefficient (Wildman–Crippen LogP) is 2.36. The molecule has 19 heavy (non-hydrogen) atoms. The van der Waals surface area contributed by atoms with E-state index in [1.807, 2.05) is 39.8 Å². The first-order valence-electron chi connectivity index (χ1n) is 6.37. The Hall–Kier alpha value is -1.97. The molecule has 0 aliphatic rings. The summed E-state index contributed by atoms with van der Waals surface area (Å²) in [7, 11) is 0. The van der Waals surface area contributed by atoms with Gasteiger partial charge in [0.2, 0.25) is 0 Å². The van der Waals surface area contributed by atoms with E-state index in [-0.39, 0.29) is 11.0 Å². The van der Waals surface area contributed by atoms with Gasteiger partial charge in [0.25, 0.3) is 5.56 Å². The molecule has 2 rings (SSSR count). The Kier molecular flexibility index (Phi) is 3.51. The molecule has 2 aromatic rings. The Morgan fingerprint density at radius 3 is 2.63 bits per heavy atom. The Labute approximate surface area is 112 Å². The van der Waals surface area contributed by atoms with Crippen molar-refractivity contribution in [3.8, 4) is 0 Å². The Bertz CT molecular complexity index is 624. The van der Waals surface area contributed by atoms with Crippen LogP contribution in [0.15, 0.2) is 29.3 Å². The van der Waals surface area contributed by atoms with Crippen LogP contribution in [0.5, 0.6) is 0 Å². The van der Waals surface area contributed by atoms with Gasteiger partial charge < -0.3 is 4.98 Å². The molecule has 0 atom stereocenters. The topological polar surface area (TPSA) is 58.6 Å². The van der Waals surface area contributed by atoms with Crippen LogP contribution in [0.1, 0.15) is 43.4 Å². The van der Waals surface area contributed by atoms with Gasteiger partial charge in [-0.3, -0.25) is 9.78 Å². The zero-order valence-electron chi connectivity index (χ0n) is 11.8. The van der Waals surface area contributed by atoms with Crippen molar-refractivity contribution in [3.05, 3.63) is 57.5 Å². The Balaban J connectivity index is 2.45. The molecule has 0 radical (unpaired) electrons. The second-order valence-corrected chi connectivity index (χ2v) is 5.77. The van der Waals surface area contributed by atoms with Crippen LogP contribution in [0.2, 0.25) is 0 Å². The van der Waals surface area contributed by atoms with E-state index < -0.39 is 0 Å². The fraction of sp³-hybridized carbons (Fsp3) is 0.400. The molecule has 0 aliphatic heterocycles. The van der Waals surface area contributed by atoms with Gasteiger partial charge in [-0.15, -0.1) is 0 Å². The molecule has 0 aliphatic carbocycles. The number of aromatic amines is 1. The molecule has 4 heteroatoms. The summed E-state index contributed by atoms with van der Waals surface area (Å²) in [6, 6.07) is 3.88. The molecule has 0 aromatic carbocycles. The van der Waals surface area contributed by atoms with Crippen molar-refractivity contribution in [2.45, 2.75) is 39.5 Å². The lowest BCUT2D eigenvalue weighted by Crippen LogP contribution is -2.25. The fourth-order valence-electron chi connectivity index (χ4n) is 1.80. The average molecular weight is 257 g/mol. The highest BCUT2D eigenvalue weighted by molar-refractivity contribution is 5.25. The molecule has 2 heterocycles. The summed E-state index contributed by atoms with van der Waals surface area (Å²) >= 11 is 0. The van der Waals surface area contributed by atoms with Crippen LogP contribution in [-0.2, 0) is 11.8 Å². The molecule has 1 N–H and O–H groups in total. The summed E-state index contributed by atoms with van der Waals surface area (Å²) in [5.41, 5.74) is 2.33. The standard InChI is InChI=1S/C15H19N3O/c1-10-12(8-11-6-5-7-16-9-11)17-14(15(2,3)4)18-13(10)19/h5-7,9H,8H2,1-4H3,(H,17,18,19). The van der Waals surface area contributed by atoms with E-state index in [1.54, 1.807) is 12.4 Å². The van der Waals surface area contributed by atoms with Gasteiger partial charge >= 0.3 is 0 Å². The third kappa shape index (κ3) is 3.08. The van der Waals surface area contributed by atoms with E-state index in [0.717, 1.165) is 17.1 Å². The number of aromatic nitrogens is 3. The van der Waals surface area contributed by atoms with Crippen LogP contribution in [0, 0.1) is 6.92 Å². The highest BCUT2D eigenvalue weighted by atomic mass is 16.1. The second-order valence-electron chi connectivity index (χ2n) is 5.77. The zero-order chi connectivity index (χ0) is 14.0. The van der Waals surface area contributed by atoms with Crippen molar-refractivity contribution in [2.75, 3.05) is 0 Å². The highest BCUT2D eigenvalue weighted by Crippen LogP contribution is 2.18. The SMILES string of the molecule is Cc1c(Cc2cccnc2)nc(C(C)(C)C)[nH]c1=O. The third-order valence-corrected chi connectivity index (χ3v) is 3.06. The molecule has 0 saturated heterocycles. The van der Waals surface area contributed by atoms with Gasteiger partial charge in [-0.1, -0.05) is 26.8 Å². The van der Waals surface area contributed by atoms with Crippen molar-refractivity contribution >= 4 is 0 Å². The molecule has 0 unspecified atom stereocenters. The molecule has 4 nitrogen and oxygen atoms in total. The average Bonchev–Trinajstić information content (AvgIpc) is 2.34. The minimum absolute atomic E-state index is 0.0567. The second kappa shape index (κ2) is 4.96. The number of hydrogen-bond donors (Lipinski definition) is 1. The Morgan fingerprint density at radius 2 is 2.05 bits per heavy atom. The van der Waals surface area contributed by atoms with E-state index in [1.165, 1.54) is 0 Å². The maximum Gasteiger partial charge on any atom is 0.254 e. The number of pyridine rings is 1. The normalized spacial score (nSPS) is 11.6. The summed E-state index contributed by atoms with van der Waals surface area (Å²) in [6.07, 6.45) is 4.17. The molecule has 0 saturated carbocycles. The van der Waals surface area contributed by atoms with Gasteiger partial charge in [0.05, 0.1) is 5.69 Å². The summed E-state index contributed by atoms with van der Waals surface area (Å²) in [5, 5.41) is 0. The quantitative estimate of drug-likeness (QED) is 0.898. The predicted molar refractivity (Wildman–Crippen MR) is 75.3 cm³/mol. The van der Waals surface area contributed by atoms with Crippen LogP contribution in [0.25, 0.3) is 0 Å². The number of H-pyrrole nitrogens is 1. The van der Waals surface area contributed by atoms with Crippen LogP contribution < -0.4 is 5.56 Å². The van der Waals surface area contributed by atoms with E-state index in [9.17, 15) is 4.79 Å². The fourth-order valence-corrected chi connectivity index (χ4v) is 1.80. The minimum Gasteiger partial charge on any atom is -0.310 e. The van der Waals surface area contributed by atoms with E-state index >= 15 is 0 Å². The lowest BCUT2D eigenvalue weighted by Gasteiger charge is -2.18. The Morgan fingerprint density at radius 1 is 1.32 bits per heavy atom. The number of nitrogens with one attached hydrogen (secondary N) is 1. The summed E-state index contributed by atoms with van der Waals surface area (Å²) < 4.78 is 0. The molecule has 2 aromatic heterocycles. The van der Waals surface area contributed by atoms with Gasteiger partial charge in [0.1, 0.15) is 5.82 Å². The van der Waals surface area contributed by atoms with Crippen LogP contribution in [0.4, 0.5) is 0 Å². The number of rotatable bonds is 2. The lowest BCUT2D eigenvalue weighted by molar-refractivity contribution is 0.538. The van der Waals surface area contributed by atoms with E-state index in [4.69, 9.17) is 0 Å². The molecular weight excluding hydrogens is 238 g/mol. The molecule has 0 amide bonds. The maximum absolute atomic E-state index is 12.0. The van der Waals surface area contributed by atoms with Crippen molar-refractivity contribution in [3.63, 3.8) is 0 Å². The molecular formula is C15H19N3O. The van der Waals surface area contributed by atoms with Crippen molar-refractivity contribution in [1.29, 1.82) is 0 Å². The number of hydrogen-bond acceptors (Lipinski definition) is 3. The van der Waals surface area contributed by atoms with Crippen molar-refractivity contribution in [1.82, 2.24) is 15.0 Å². The minimum atomic E-state index is -0.170. The molecule has 0 spiro atoms. The number of nitrogens with zero attached hydrogens (tertiary/aromatic N) is 2. The zero-order valence-corrected chi connectivity index (χ0v) is 11.8. The van der Waals surface area contributed by atoms with Crippen LogP contribution >= 0.6 is 0 Å². The smallest absolute Gasteiger partial charge is 0.254 e. The summed E-state index contributed by atoms with van der Waals surface area (Å²) in [6.45, 7) is 7.92. The molecule has 0 bridgehead atoms. The van der Waals surface area contributed by atoms with Crippen molar-refractivity contribution in [2.24, 2.45) is 0 Å². The first kappa shape index (κ1) is 13.5.